The third-order valence-electron chi connectivity index (χ3n) is 3.07. The Bertz CT molecular complexity index is 485. The Balaban J connectivity index is 2.69. The first-order valence-electron chi connectivity index (χ1n) is 5.88. The van der Waals surface area contributed by atoms with Crippen molar-refractivity contribution < 1.29 is 0 Å². The van der Waals surface area contributed by atoms with Gasteiger partial charge in [-0.3, -0.25) is 9.59 Å². The van der Waals surface area contributed by atoms with Crippen molar-refractivity contribution in [2.24, 2.45) is 7.05 Å². The van der Waals surface area contributed by atoms with Crippen molar-refractivity contribution in [2.45, 2.75) is 39.3 Å². The fourth-order valence-electron chi connectivity index (χ4n) is 1.41. The highest BCUT2D eigenvalue weighted by atomic mass is 16.2. The molecule has 0 atom stereocenters. The van der Waals surface area contributed by atoms with E-state index in [9.17, 15) is 9.59 Å². The summed E-state index contributed by atoms with van der Waals surface area (Å²) in [6.07, 6.45) is 4.26. The van der Waals surface area contributed by atoms with Gasteiger partial charge in [-0.05, 0) is 20.3 Å². The molecule has 1 N–H and O–H groups in total. The van der Waals surface area contributed by atoms with Crippen LogP contribution in [0.3, 0.4) is 0 Å². The molecule has 0 saturated heterocycles. The third kappa shape index (κ3) is 3.56. The van der Waals surface area contributed by atoms with E-state index in [0.29, 0.717) is 13.1 Å². The van der Waals surface area contributed by atoms with Gasteiger partial charge in [-0.1, -0.05) is 6.92 Å². The molecule has 0 unspecified atom stereocenters. The van der Waals surface area contributed by atoms with Crippen LogP contribution < -0.4 is 16.4 Å². The van der Waals surface area contributed by atoms with Gasteiger partial charge in [0.15, 0.2) is 0 Å². The van der Waals surface area contributed by atoms with E-state index in [1.165, 1.54) is 9.13 Å². The topological polar surface area (TPSA) is 56.0 Å². The molecule has 0 amide bonds. The van der Waals surface area contributed by atoms with Gasteiger partial charge in [0.05, 0.1) is 0 Å². The summed E-state index contributed by atoms with van der Waals surface area (Å²) in [7, 11) is 1.58. The van der Waals surface area contributed by atoms with Gasteiger partial charge in [-0.15, -0.1) is 0 Å². The molecular weight excluding hydrogens is 218 g/mol. The maximum atomic E-state index is 11.6. The maximum absolute atomic E-state index is 11.6. The second kappa shape index (κ2) is 5.31. The number of hydrogen-bond acceptors (Lipinski definition) is 3. The molecule has 1 heterocycles. The molecule has 0 aliphatic heterocycles. The van der Waals surface area contributed by atoms with E-state index < -0.39 is 11.1 Å². The molecule has 0 aliphatic carbocycles. The molecule has 0 aliphatic rings. The Morgan fingerprint density at radius 3 is 2.47 bits per heavy atom. The number of nitrogens with zero attached hydrogens (tertiary/aromatic N) is 2. The van der Waals surface area contributed by atoms with Gasteiger partial charge in [0.1, 0.15) is 0 Å². The summed E-state index contributed by atoms with van der Waals surface area (Å²) in [6.45, 7) is 7.52. The van der Waals surface area contributed by atoms with E-state index in [2.05, 4.69) is 26.1 Å². The molecule has 96 valence electrons. The second-order valence-electron chi connectivity index (χ2n) is 4.88. The zero-order chi connectivity index (χ0) is 13.1. The Morgan fingerprint density at radius 1 is 1.24 bits per heavy atom. The van der Waals surface area contributed by atoms with E-state index >= 15 is 0 Å². The predicted molar refractivity (Wildman–Crippen MR) is 68.3 cm³/mol. The molecule has 17 heavy (non-hydrogen) atoms. The van der Waals surface area contributed by atoms with Crippen LogP contribution >= 0.6 is 0 Å². The van der Waals surface area contributed by atoms with Crippen LogP contribution in [0.4, 0.5) is 0 Å². The number of aryl methyl sites for hydroxylation is 1. The minimum Gasteiger partial charge on any atom is -0.312 e. The maximum Gasteiger partial charge on any atom is 0.316 e. The molecule has 0 radical (unpaired) electrons. The Hall–Kier alpha value is -1.36. The van der Waals surface area contributed by atoms with E-state index in [4.69, 9.17) is 0 Å². The fourth-order valence-corrected chi connectivity index (χ4v) is 1.41. The van der Waals surface area contributed by atoms with Crippen molar-refractivity contribution in [3.8, 4) is 0 Å². The lowest BCUT2D eigenvalue weighted by atomic mass is 10.0. The minimum absolute atomic E-state index is 0.0589. The average molecular weight is 239 g/mol. The standard InChI is InChI=1S/C12H21N3O2/c1-5-12(2,3)13-6-7-15-9-8-14(4)10(16)11(15)17/h8-9,13H,5-7H2,1-4H3. The summed E-state index contributed by atoms with van der Waals surface area (Å²) in [4.78, 5) is 23.0. The van der Waals surface area contributed by atoms with Gasteiger partial charge >= 0.3 is 11.1 Å². The monoisotopic (exact) mass is 239 g/mol. The van der Waals surface area contributed by atoms with Crippen LogP contribution in [0.1, 0.15) is 27.2 Å². The highest BCUT2D eigenvalue weighted by molar-refractivity contribution is 4.85. The number of rotatable bonds is 5. The smallest absolute Gasteiger partial charge is 0.312 e. The summed E-state index contributed by atoms with van der Waals surface area (Å²) in [5, 5.41) is 3.35. The fraction of sp³-hybridized carbons (Fsp3) is 0.667. The van der Waals surface area contributed by atoms with Crippen LogP contribution in [-0.4, -0.2) is 21.2 Å². The largest absolute Gasteiger partial charge is 0.316 e. The third-order valence-corrected chi connectivity index (χ3v) is 3.07. The van der Waals surface area contributed by atoms with Crippen LogP contribution in [0.5, 0.6) is 0 Å². The lowest BCUT2D eigenvalue weighted by Crippen LogP contribution is -2.44. The van der Waals surface area contributed by atoms with Crippen LogP contribution in [0.25, 0.3) is 0 Å². The molecule has 5 nitrogen and oxygen atoms in total. The number of aromatic nitrogens is 2. The zero-order valence-electron chi connectivity index (χ0n) is 11.0. The summed E-state index contributed by atoms with van der Waals surface area (Å²) in [5.41, 5.74) is -0.892. The van der Waals surface area contributed by atoms with Gasteiger partial charge in [0.25, 0.3) is 0 Å². The van der Waals surface area contributed by atoms with Crippen LogP contribution in [-0.2, 0) is 13.6 Å². The molecule has 1 aromatic heterocycles. The predicted octanol–water partition coefficient (Wildman–Crippen LogP) is 0.325. The van der Waals surface area contributed by atoms with Crippen molar-refractivity contribution in [3.05, 3.63) is 33.1 Å². The zero-order valence-corrected chi connectivity index (χ0v) is 11.0. The van der Waals surface area contributed by atoms with Gasteiger partial charge in [0.2, 0.25) is 0 Å². The van der Waals surface area contributed by atoms with Gasteiger partial charge in [-0.2, -0.15) is 0 Å². The van der Waals surface area contributed by atoms with Crippen LogP contribution in [0.15, 0.2) is 22.0 Å². The molecule has 0 saturated carbocycles. The van der Waals surface area contributed by atoms with E-state index in [-0.39, 0.29) is 5.54 Å². The summed E-state index contributed by atoms with van der Waals surface area (Å²) in [5.74, 6) is 0. The van der Waals surface area contributed by atoms with E-state index in [0.717, 1.165) is 6.42 Å². The molecule has 1 aromatic rings. The quantitative estimate of drug-likeness (QED) is 0.753. The minimum atomic E-state index is -0.484. The Morgan fingerprint density at radius 2 is 1.88 bits per heavy atom. The molecule has 5 heteroatoms. The first-order chi connectivity index (χ1) is 7.87. The van der Waals surface area contributed by atoms with Crippen LogP contribution in [0, 0.1) is 0 Å². The highest BCUT2D eigenvalue weighted by Crippen LogP contribution is 2.05. The van der Waals surface area contributed by atoms with Crippen molar-refractivity contribution in [1.29, 1.82) is 0 Å². The Labute approximate surface area is 101 Å². The summed E-state index contributed by atoms with van der Waals surface area (Å²) < 4.78 is 2.74. The van der Waals surface area contributed by atoms with Crippen molar-refractivity contribution in [3.63, 3.8) is 0 Å². The highest BCUT2D eigenvalue weighted by Gasteiger charge is 2.13. The lowest BCUT2D eigenvalue weighted by Gasteiger charge is -2.24. The van der Waals surface area contributed by atoms with Crippen molar-refractivity contribution >= 4 is 0 Å². The SMILES string of the molecule is CCC(C)(C)NCCn1ccn(C)c(=O)c1=O. The van der Waals surface area contributed by atoms with Gasteiger partial charge in [-0.25, -0.2) is 0 Å². The normalized spacial score (nSPS) is 11.8. The average Bonchev–Trinajstić information content (AvgIpc) is 2.29. The molecule has 0 spiro atoms. The molecule has 0 fully saturated rings. The molecule has 1 rings (SSSR count). The molecule has 0 aromatic carbocycles. The second-order valence-corrected chi connectivity index (χ2v) is 4.88. The lowest BCUT2D eigenvalue weighted by molar-refractivity contribution is 0.366. The summed E-state index contributed by atoms with van der Waals surface area (Å²) in [6, 6.07) is 0. The van der Waals surface area contributed by atoms with Crippen molar-refractivity contribution in [2.75, 3.05) is 6.54 Å². The van der Waals surface area contributed by atoms with E-state index in [1.807, 2.05) is 0 Å². The Kier molecular flexibility index (Phi) is 4.28. The first kappa shape index (κ1) is 13.7. The summed E-state index contributed by atoms with van der Waals surface area (Å²) >= 11 is 0. The van der Waals surface area contributed by atoms with Crippen molar-refractivity contribution in [1.82, 2.24) is 14.5 Å². The van der Waals surface area contributed by atoms with Gasteiger partial charge in [0, 0.05) is 38.1 Å². The first-order valence-corrected chi connectivity index (χ1v) is 5.88. The van der Waals surface area contributed by atoms with Gasteiger partial charge < -0.3 is 14.5 Å². The molecule has 0 bridgehead atoms. The van der Waals surface area contributed by atoms with Crippen LogP contribution in [0.2, 0.25) is 0 Å². The number of nitrogens with one attached hydrogen (secondary N) is 1. The molecular formula is C12H21N3O2. The van der Waals surface area contributed by atoms with E-state index in [1.54, 1.807) is 19.4 Å². The number of hydrogen-bond donors (Lipinski definition) is 1.